The van der Waals surface area contributed by atoms with Crippen molar-refractivity contribution in [3.8, 4) is 0 Å². The zero-order chi connectivity index (χ0) is 15.6. The Labute approximate surface area is 141 Å². The lowest BCUT2D eigenvalue weighted by Gasteiger charge is -2.33. The second-order valence-corrected chi connectivity index (χ2v) is 7.90. The normalized spacial score (nSPS) is 25.7. The molecular weight excluding hydrogens is 304 g/mol. The van der Waals surface area contributed by atoms with Crippen molar-refractivity contribution in [2.75, 3.05) is 18.4 Å². The summed E-state index contributed by atoms with van der Waals surface area (Å²) in [5.41, 5.74) is 1.39. The molecule has 2 aliphatic rings. The number of hydrogen-bond donors (Lipinski definition) is 1. The van der Waals surface area contributed by atoms with Gasteiger partial charge in [0.15, 0.2) is 0 Å². The number of carbonyl (C=O) groups is 1. The van der Waals surface area contributed by atoms with Gasteiger partial charge < -0.3 is 10.2 Å². The van der Waals surface area contributed by atoms with Crippen LogP contribution in [0.2, 0.25) is 0 Å². The minimum Gasteiger partial charge on any atom is -0.320 e. The third kappa shape index (κ3) is 2.90. The lowest BCUT2D eigenvalue weighted by Crippen LogP contribution is -2.38. The molecule has 3 nitrogen and oxygen atoms in total. The molecule has 2 aliphatic heterocycles. The summed E-state index contributed by atoms with van der Waals surface area (Å²) >= 11 is 1.72. The van der Waals surface area contributed by atoms with E-state index in [9.17, 15) is 4.79 Å². The number of thiophene rings is 1. The summed E-state index contributed by atoms with van der Waals surface area (Å²) in [6.07, 6.45) is 8.71. The highest BCUT2D eigenvalue weighted by atomic mass is 32.1. The van der Waals surface area contributed by atoms with Crippen LogP contribution in [0, 0.1) is 0 Å². The van der Waals surface area contributed by atoms with Gasteiger partial charge in [-0.15, -0.1) is 11.3 Å². The number of anilines is 1. The molecule has 0 aliphatic carbocycles. The maximum atomic E-state index is 11.0. The summed E-state index contributed by atoms with van der Waals surface area (Å²) in [5.74, 6) is 0.569. The zero-order valence-corrected chi connectivity index (χ0v) is 14.3. The number of rotatable bonds is 3. The van der Waals surface area contributed by atoms with Gasteiger partial charge >= 0.3 is 0 Å². The van der Waals surface area contributed by atoms with Crippen LogP contribution in [-0.2, 0) is 4.79 Å². The van der Waals surface area contributed by atoms with Gasteiger partial charge in [0.2, 0.25) is 6.41 Å². The highest BCUT2D eigenvalue weighted by Crippen LogP contribution is 2.44. The molecule has 0 saturated carbocycles. The average molecular weight is 328 g/mol. The number of amides is 1. The van der Waals surface area contributed by atoms with Crippen molar-refractivity contribution in [3.63, 3.8) is 0 Å². The van der Waals surface area contributed by atoms with Crippen molar-refractivity contribution in [2.24, 2.45) is 0 Å². The number of hydrogen-bond acceptors (Lipinski definition) is 3. The van der Waals surface area contributed by atoms with Gasteiger partial charge in [0.05, 0.1) is 5.00 Å². The van der Waals surface area contributed by atoms with Gasteiger partial charge in [0.1, 0.15) is 0 Å². The Morgan fingerprint density at radius 1 is 1.09 bits per heavy atom. The lowest BCUT2D eigenvalue weighted by molar-refractivity contribution is -0.105. The van der Waals surface area contributed by atoms with E-state index in [4.69, 9.17) is 0 Å². The first-order chi connectivity index (χ1) is 11.4. The molecule has 2 atom stereocenters. The Bertz CT molecular complexity index is 680. The van der Waals surface area contributed by atoms with E-state index in [1.165, 1.54) is 67.3 Å². The number of nitrogens with one attached hydrogen (secondary N) is 1. The first kappa shape index (κ1) is 15.2. The second-order valence-electron chi connectivity index (χ2n) is 6.85. The van der Waals surface area contributed by atoms with E-state index >= 15 is 0 Å². The van der Waals surface area contributed by atoms with Crippen molar-refractivity contribution >= 4 is 32.8 Å². The molecule has 2 saturated heterocycles. The summed E-state index contributed by atoms with van der Waals surface area (Å²) in [5, 5.41) is 5.37. The molecule has 4 rings (SSSR count). The Morgan fingerprint density at radius 2 is 2.00 bits per heavy atom. The molecule has 122 valence electrons. The third-order valence-electron chi connectivity index (χ3n) is 5.59. The van der Waals surface area contributed by atoms with Crippen LogP contribution in [0.25, 0.3) is 10.1 Å². The summed E-state index contributed by atoms with van der Waals surface area (Å²) < 4.78 is 1.29. The molecular formula is C19H24N2OS. The standard InChI is InChI=1S/C19H24N2OS/c22-13-20-19-18(16-6-1-2-7-17(16)23-19)14-8-9-15-5-3-4-11-21(15)12-10-14/h1-2,6-7,13-15H,3-5,8-12H2,(H,20,22). The second kappa shape index (κ2) is 6.62. The minimum absolute atomic E-state index is 0.569. The number of piperidine rings is 1. The van der Waals surface area contributed by atoms with Crippen molar-refractivity contribution in [1.82, 2.24) is 4.90 Å². The largest absolute Gasteiger partial charge is 0.320 e. The third-order valence-corrected chi connectivity index (χ3v) is 6.71. The van der Waals surface area contributed by atoms with Crippen LogP contribution < -0.4 is 5.32 Å². The van der Waals surface area contributed by atoms with Crippen molar-refractivity contribution in [2.45, 2.75) is 50.5 Å². The maximum absolute atomic E-state index is 11.0. The molecule has 1 aromatic heterocycles. The van der Waals surface area contributed by atoms with E-state index in [0.29, 0.717) is 5.92 Å². The SMILES string of the molecule is O=CNc1sc2ccccc2c1C1CCC2CCCCN2CC1. The van der Waals surface area contributed by atoms with Crippen molar-refractivity contribution in [3.05, 3.63) is 29.8 Å². The quantitative estimate of drug-likeness (QED) is 0.836. The van der Waals surface area contributed by atoms with E-state index < -0.39 is 0 Å². The van der Waals surface area contributed by atoms with E-state index in [-0.39, 0.29) is 0 Å². The summed E-state index contributed by atoms with van der Waals surface area (Å²) in [6.45, 7) is 2.49. The van der Waals surface area contributed by atoms with Crippen molar-refractivity contribution in [1.29, 1.82) is 0 Å². The first-order valence-corrected chi connectivity index (χ1v) is 9.64. The van der Waals surface area contributed by atoms with Gasteiger partial charge in [0, 0.05) is 10.7 Å². The number of carbonyl (C=O) groups excluding carboxylic acids is 1. The Balaban J connectivity index is 1.67. The van der Waals surface area contributed by atoms with Crippen LogP contribution in [0.15, 0.2) is 24.3 Å². The lowest BCUT2D eigenvalue weighted by atomic mass is 9.89. The molecule has 2 aromatic rings. The van der Waals surface area contributed by atoms with Gasteiger partial charge in [-0.25, -0.2) is 0 Å². The molecule has 4 heteroatoms. The monoisotopic (exact) mass is 328 g/mol. The fourth-order valence-corrected chi connectivity index (χ4v) is 5.61. The van der Waals surface area contributed by atoms with Gasteiger partial charge in [-0.05, 0) is 68.1 Å². The zero-order valence-electron chi connectivity index (χ0n) is 13.5. The molecule has 1 aromatic carbocycles. The molecule has 2 unspecified atom stereocenters. The molecule has 2 fully saturated rings. The molecule has 1 N–H and O–H groups in total. The summed E-state index contributed by atoms with van der Waals surface area (Å²) in [6, 6.07) is 9.37. The van der Waals surface area contributed by atoms with E-state index in [1.807, 2.05) is 0 Å². The minimum atomic E-state index is 0.569. The van der Waals surface area contributed by atoms with Crippen LogP contribution in [0.5, 0.6) is 0 Å². The predicted molar refractivity (Wildman–Crippen MR) is 97.3 cm³/mol. The van der Waals surface area contributed by atoms with Crippen LogP contribution in [0.3, 0.4) is 0 Å². The van der Waals surface area contributed by atoms with E-state index in [2.05, 4.69) is 34.5 Å². The Hall–Kier alpha value is -1.39. The Kier molecular flexibility index (Phi) is 4.36. The highest BCUT2D eigenvalue weighted by molar-refractivity contribution is 7.23. The van der Waals surface area contributed by atoms with E-state index in [1.54, 1.807) is 11.3 Å². The fourth-order valence-electron chi connectivity index (χ4n) is 4.46. The van der Waals surface area contributed by atoms with Crippen LogP contribution in [-0.4, -0.2) is 30.4 Å². The smallest absolute Gasteiger partial charge is 0.212 e. The Morgan fingerprint density at radius 3 is 2.91 bits per heavy atom. The van der Waals surface area contributed by atoms with Crippen LogP contribution in [0.4, 0.5) is 5.00 Å². The number of nitrogens with zero attached hydrogens (tertiary/aromatic N) is 1. The first-order valence-electron chi connectivity index (χ1n) is 8.82. The van der Waals surface area contributed by atoms with Gasteiger partial charge in [-0.1, -0.05) is 24.6 Å². The fraction of sp³-hybridized carbons (Fsp3) is 0.526. The van der Waals surface area contributed by atoms with Crippen LogP contribution >= 0.6 is 11.3 Å². The molecule has 23 heavy (non-hydrogen) atoms. The van der Waals surface area contributed by atoms with Gasteiger partial charge in [-0.2, -0.15) is 0 Å². The molecule has 0 radical (unpaired) electrons. The average Bonchev–Trinajstić information content (AvgIpc) is 2.81. The highest BCUT2D eigenvalue weighted by Gasteiger charge is 2.30. The number of fused-ring (bicyclic) bond motifs is 2. The van der Waals surface area contributed by atoms with Gasteiger partial charge in [0.25, 0.3) is 0 Å². The summed E-state index contributed by atoms with van der Waals surface area (Å²) in [7, 11) is 0. The predicted octanol–water partition coefficient (Wildman–Crippen LogP) is 4.59. The molecule has 0 spiro atoms. The molecule has 1 amide bonds. The van der Waals surface area contributed by atoms with Crippen LogP contribution in [0.1, 0.15) is 50.0 Å². The molecule has 0 bridgehead atoms. The topological polar surface area (TPSA) is 32.3 Å². The molecule has 3 heterocycles. The van der Waals surface area contributed by atoms with Crippen molar-refractivity contribution < 1.29 is 4.79 Å². The maximum Gasteiger partial charge on any atom is 0.212 e. The van der Waals surface area contributed by atoms with E-state index in [0.717, 1.165) is 17.5 Å². The number of benzene rings is 1. The summed E-state index contributed by atoms with van der Waals surface area (Å²) in [4.78, 5) is 13.8. The van der Waals surface area contributed by atoms with Gasteiger partial charge in [-0.3, -0.25) is 4.79 Å².